The van der Waals surface area contributed by atoms with Crippen molar-refractivity contribution in [3.63, 3.8) is 0 Å². The monoisotopic (exact) mass is 384 g/mol. The molecule has 3 rings (SSSR count). The van der Waals surface area contributed by atoms with Crippen LogP contribution < -0.4 is 4.90 Å². The van der Waals surface area contributed by atoms with E-state index in [1.165, 1.54) is 0 Å². The van der Waals surface area contributed by atoms with E-state index in [4.69, 9.17) is 23.2 Å². The highest BCUT2D eigenvalue weighted by atomic mass is 35.5. The average Bonchev–Trinajstić information content (AvgIpc) is 2.58. The van der Waals surface area contributed by atoms with Crippen LogP contribution in [-0.2, 0) is 10.0 Å². The van der Waals surface area contributed by atoms with Gasteiger partial charge in [0.2, 0.25) is 10.0 Å². The molecule has 0 bridgehead atoms. The van der Waals surface area contributed by atoms with Gasteiger partial charge in [-0.1, -0.05) is 41.4 Å². The fourth-order valence-electron chi connectivity index (χ4n) is 2.85. The summed E-state index contributed by atoms with van der Waals surface area (Å²) >= 11 is 12.0. The molecule has 1 aliphatic heterocycles. The van der Waals surface area contributed by atoms with Gasteiger partial charge in [-0.15, -0.1) is 0 Å². The Hall–Kier alpha value is -1.27. The second-order valence-corrected chi connectivity index (χ2v) is 8.48. The van der Waals surface area contributed by atoms with Gasteiger partial charge in [-0.2, -0.15) is 4.31 Å². The van der Waals surface area contributed by atoms with E-state index in [0.717, 1.165) is 11.3 Å². The number of nitrogens with zero attached hydrogens (tertiary/aromatic N) is 2. The SMILES string of the molecule is Cc1ccccc1S(=O)(=O)N1CCN(c2ccc(Cl)c(Cl)c2)CC1. The molecule has 1 heterocycles. The minimum atomic E-state index is -3.45. The maximum atomic E-state index is 12.8. The van der Waals surface area contributed by atoms with Crippen molar-refractivity contribution in [1.29, 1.82) is 0 Å². The summed E-state index contributed by atoms with van der Waals surface area (Å²) in [4.78, 5) is 2.50. The van der Waals surface area contributed by atoms with Crippen molar-refractivity contribution in [3.05, 3.63) is 58.1 Å². The lowest BCUT2D eigenvalue weighted by Gasteiger charge is -2.35. The number of sulfonamides is 1. The van der Waals surface area contributed by atoms with Crippen LogP contribution in [0.5, 0.6) is 0 Å². The van der Waals surface area contributed by atoms with Gasteiger partial charge >= 0.3 is 0 Å². The molecular weight excluding hydrogens is 367 g/mol. The zero-order chi connectivity index (χ0) is 17.3. The fraction of sp³-hybridized carbons (Fsp3) is 0.294. The number of hydrogen-bond donors (Lipinski definition) is 0. The van der Waals surface area contributed by atoms with E-state index in [1.54, 1.807) is 22.5 Å². The minimum absolute atomic E-state index is 0.382. The molecule has 2 aromatic carbocycles. The Kier molecular flexibility index (Phi) is 5.06. The average molecular weight is 385 g/mol. The van der Waals surface area contributed by atoms with Gasteiger partial charge in [0.15, 0.2) is 0 Å². The van der Waals surface area contributed by atoms with Crippen molar-refractivity contribution < 1.29 is 8.42 Å². The molecule has 128 valence electrons. The van der Waals surface area contributed by atoms with Crippen molar-refractivity contribution >= 4 is 38.9 Å². The Balaban J connectivity index is 1.75. The summed E-state index contributed by atoms with van der Waals surface area (Å²) in [5.41, 5.74) is 1.72. The molecule has 0 spiro atoms. The molecule has 7 heteroatoms. The molecule has 0 aromatic heterocycles. The van der Waals surface area contributed by atoms with Crippen molar-refractivity contribution in [2.75, 3.05) is 31.1 Å². The summed E-state index contributed by atoms with van der Waals surface area (Å²) in [5.74, 6) is 0. The second kappa shape index (κ2) is 6.92. The molecule has 1 saturated heterocycles. The normalized spacial score (nSPS) is 16.4. The van der Waals surface area contributed by atoms with Crippen molar-refractivity contribution in [3.8, 4) is 0 Å². The Morgan fingerprint density at radius 1 is 0.917 bits per heavy atom. The van der Waals surface area contributed by atoms with Crippen LogP contribution in [0.4, 0.5) is 5.69 Å². The van der Waals surface area contributed by atoms with E-state index in [2.05, 4.69) is 4.90 Å². The number of halogens is 2. The highest BCUT2D eigenvalue weighted by Gasteiger charge is 2.29. The van der Waals surface area contributed by atoms with Gasteiger partial charge in [-0.25, -0.2) is 8.42 Å². The van der Waals surface area contributed by atoms with Gasteiger partial charge in [-0.05, 0) is 36.8 Å². The quantitative estimate of drug-likeness (QED) is 0.807. The highest BCUT2D eigenvalue weighted by molar-refractivity contribution is 7.89. The Morgan fingerprint density at radius 2 is 1.58 bits per heavy atom. The third-order valence-electron chi connectivity index (χ3n) is 4.22. The van der Waals surface area contributed by atoms with E-state index < -0.39 is 10.0 Å². The van der Waals surface area contributed by atoms with E-state index in [-0.39, 0.29) is 0 Å². The third kappa shape index (κ3) is 3.40. The number of benzene rings is 2. The van der Waals surface area contributed by atoms with Gasteiger partial charge in [0.25, 0.3) is 0 Å². The standard InChI is InChI=1S/C17H18Cl2N2O2S/c1-13-4-2-3-5-17(13)24(22,23)21-10-8-20(9-11-21)14-6-7-15(18)16(19)12-14/h2-7,12H,8-11H2,1H3. The number of anilines is 1. The first-order chi connectivity index (χ1) is 11.4. The molecule has 2 aromatic rings. The molecule has 0 radical (unpaired) electrons. The number of aryl methyl sites for hydroxylation is 1. The van der Waals surface area contributed by atoms with E-state index >= 15 is 0 Å². The Morgan fingerprint density at radius 3 is 2.21 bits per heavy atom. The summed E-state index contributed by atoms with van der Waals surface area (Å²) < 4.78 is 27.2. The summed E-state index contributed by atoms with van der Waals surface area (Å²) in [7, 11) is -3.45. The Bertz CT molecular complexity index is 847. The Labute approximate surface area is 152 Å². The van der Waals surface area contributed by atoms with E-state index in [1.807, 2.05) is 31.2 Å². The first kappa shape index (κ1) is 17.5. The van der Waals surface area contributed by atoms with Crippen LogP contribution in [0.1, 0.15) is 5.56 Å². The minimum Gasteiger partial charge on any atom is -0.369 e. The first-order valence-corrected chi connectivity index (χ1v) is 9.85. The summed E-state index contributed by atoms with van der Waals surface area (Å²) in [5, 5.41) is 1.02. The van der Waals surface area contributed by atoms with Crippen LogP contribution in [0.25, 0.3) is 0 Å². The van der Waals surface area contributed by atoms with Crippen molar-refractivity contribution in [2.24, 2.45) is 0 Å². The molecule has 0 atom stereocenters. The van der Waals surface area contributed by atoms with Crippen molar-refractivity contribution in [2.45, 2.75) is 11.8 Å². The molecule has 0 unspecified atom stereocenters. The van der Waals surface area contributed by atoms with E-state index in [0.29, 0.717) is 41.1 Å². The number of rotatable bonds is 3. The number of piperazine rings is 1. The molecule has 1 fully saturated rings. The van der Waals surface area contributed by atoms with Gasteiger partial charge in [0.1, 0.15) is 0 Å². The second-order valence-electron chi connectivity index (χ2n) is 5.76. The smallest absolute Gasteiger partial charge is 0.243 e. The largest absolute Gasteiger partial charge is 0.369 e. The zero-order valence-corrected chi connectivity index (χ0v) is 15.6. The van der Waals surface area contributed by atoms with Crippen LogP contribution in [0, 0.1) is 6.92 Å². The van der Waals surface area contributed by atoms with Crippen LogP contribution in [0.3, 0.4) is 0 Å². The summed E-state index contributed by atoms with van der Waals surface area (Å²) in [6.07, 6.45) is 0. The molecule has 0 amide bonds. The number of hydrogen-bond acceptors (Lipinski definition) is 3. The lowest BCUT2D eigenvalue weighted by atomic mass is 10.2. The summed E-state index contributed by atoms with van der Waals surface area (Å²) in [6, 6.07) is 12.6. The molecule has 4 nitrogen and oxygen atoms in total. The summed E-state index contributed by atoms with van der Waals surface area (Å²) in [6.45, 7) is 3.93. The van der Waals surface area contributed by atoms with Crippen molar-refractivity contribution in [1.82, 2.24) is 4.31 Å². The van der Waals surface area contributed by atoms with E-state index in [9.17, 15) is 8.42 Å². The fourth-order valence-corrected chi connectivity index (χ4v) is 4.79. The third-order valence-corrected chi connectivity index (χ3v) is 7.02. The zero-order valence-electron chi connectivity index (χ0n) is 13.2. The van der Waals surface area contributed by atoms with Crippen LogP contribution in [0.2, 0.25) is 10.0 Å². The molecule has 1 aliphatic rings. The van der Waals surface area contributed by atoms with Crippen LogP contribution in [-0.4, -0.2) is 38.9 Å². The molecule has 0 N–H and O–H groups in total. The van der Waals surface area contributed by atoms with Crippen LogP contribution in [0.15, 0.2) is 47.4 Å². The predicted molar refractivity (Wildman–Crippen MR) is 98.6 cm³/mol. The predicted octanol–water partition coefficient (Wildman–Crippen LogP) is 3.81. The molecular formula is C17H18Cl2N2O2S. The maximum absolute atomic E-state index is 12.8. The maximum Gasteiger partial charge on any atom is 0.243 e. The van der Waals surface area contributed by atoms with Gasteiger partial charge < -0.3 is 4.90 Å². The van der Waals surface area contributed by atoms with Gasteiger partial charge in [0.05, 0.1) is 14.9 Å². The molecule has 0 saturated carbocycles. The first-order valence-electron chi connectivity index (χ1n) is 7.65. The van der Waals surface area contributed by atoms with Gasteiger partial charge in [0, 0.05) is 31.9 Å². The lowest BCUT2D eigenvalue weighted by Crippen LogP contribution is -2.48. The molecule has 0 aliphatic carbocycles. The van der Waals surface area contributed by atoms with Crippen LogP contribution >= 0.6 is 23.2 Å². The highest BCUT2D eigenvalue weighted by Crippen LogP contribution is 2.28. The lowest BCUT2D eigenvalue weighted by molar-refractivity contribution is 0.384. The van der Waals surface area contributed by atoms with Gasteiger partial charge in [-0.3, -0.25) is 0 Å². The topological polar surface area (TPSA) is 40.6 Å². The molecule has 24 heavy (non-hydrogen) atoms.